The maximum Gasteiger partial charge on any atom is 0.198 e. The quantitative estimate of drug-likeness (QED) is 0.517. The van der Waals surface area contributed by atoms with Crippen molar-refractivity contribution in [2.75, 3.05) is 0 Å². The van der Waals surface area contributed by atoms with Gasteiger partial charge in [0.2, 0.25) is 0 Å². The zero-order valence-electron chi connectivity index (χ0n) is 17.3. The molecule has 0 radical (unpaired) electrons. The van der Waals surface area contributed by atoms with Crippen molar-refractivity contribution in [1.82, 2.24) is 5.01 Å². The van der Waals surface area contributed by atoms with E-state index in [-0.39, 0.29) is 11.8 Å². The summed E-state index contributed by atoms with van der Waals surface area (Å²) in [7, 11) is 0. The molecule has 1 spiro atoms. The van der Waals surface area contributed by atoms with Crippen molar-refractivity contribution in [3.8, 4) is 5.75 Å². The lowest BCUT2D eigenvalue weighted by Crippen LogP contribution is -2.55. The highest BCUT2D eigenvalue weighted by Crippen LogP contribution is 2.52. The van der Waals surface area contributed by atoms with Gasteiger partial charge in [-0.15, -0.1) is 0 Å². The molecule has 0 bridgehead atoms. The summed E-state index contributed by atoms with van der Waals surface area (Å²) >= 11 is 0. The fourth-order valence-electron chi connectivity index (χ4n) is 5.43. The van der Waals surface area contributed by atoms with E-state index in [0.29, 0.717) is 5.92 Å². The minimum Gasteiger partial charge on any atom is -0.466 e. The van der Waals surface area contributed by atoms with Crippen molar-refractivity contribution in [3.05, 3.63) is 89.4 Å². The van der Waals surface area contributed by atoms with Crippen LogP contribution in [-0.2, 0) is 0 Å². The molecule has 1 aliphatic carbocycles. The van der Waals surface area contributed by atoms with Crippen molar-refractivity contribution in [2.24, 2.45) is 5.10 Å². The number of para-hydroxylation sites is 1. The molecule has 1 aromatic heterocycles. The van der Waals surface area contributed by atoms with Crippen molar-refractivity contribution in [1.29, 1.82) is 0 Å². The van der Waals surface area contributed by atoms with E-state index in [1.165, 1.54) is 11.1 Å². The maximum absolute atomic E-state index is 6.74. The highest BCUT2D eigenvalue weighted by molar-refractivity contribution is 5.99. The van der Waals surface area contributed by atoms with Gasteiger partial charge in [-0.2, -0.15) is 5.10 Å². The van der Waals surface area contributed by atoms with Crippen LogP contribution in [0.15, 0.2) is 76.2 Å². The lowest BCUT2D eigenvalue weighted by molar-refractivity contribution is -0.142. The number of hydrogen-bond acceptors (Lipinski definition) is 4. The van der Waals surface area contributed by atoms with Crippen molar-refractivity contribution in [2.45, 2.75) is 56.7 Å². The van der Waals surface area contributed by atoms with E-state index >= 15 is 0 Å². The van der Waals surface area contributed by atoms with Crippen LogP contribution in [0.2, 0.25) is 0 Å². The van der Waals surface area contributed by atoms with Gasteiger partial charge in [0.15, 0.2) is 5.72 Å². The third-order valence-electron chi connectivity index (χ3n) is 6.97. The Morgan fingerprint density at radius 3 is 2.47 bits per heavy atom. The highest BCUT2D eigenvalue weighted by Gasteiger charge is 2.52. The highest BCUT2D eigenvalue weighted by atomic mass is 16.5. The molecule has 4 nitrogen and oxygen atoms in total. The fraction of sp³-hybridized carbons (Fsp3) is 0.346. The molecule has 3 aliphatic rings. The monoisotopic (exact) mass is 398 g/mol. The molecule has 152 valence electrons. The zero-order valence-corrected chi connectivity index (χ0v) is 17.3. The molecule has 0 amide bonds. The lowest BCUT2D eigenvalue weighted by atomic mass is 9.78. The molecular weight excluding hydrogens is 372 g/mol. The predicted molar refractivity (Wildman–Crippen MR) is 117 cm³/mol. The lowest BCUT2D eigenvalue weighted by Gasteiger charge is -2.50. The molecule has 0 N–H and O–H groups in total. The average Bonchev–Trinajstić information content (AvgIpc) is 3.42. The first kappa shape index (κ1) is 17.8. The molecule has 1 saturated carbocycles. The topological polar surface area (TPSA) is 38.0 Å². The third kappa shape index (κ3) is 2.78. The normalized spacial score (nSPS) is 27.4. The van der Waals surface area contributed by atoms with Crippen LogP contribution in [0.4, 0.5) is 0 Å². The number of nitrogens with zero attached hydrogens (tertiary/aromatic N) is 2. The van der Waals surface area contributed by atoms with Crippen LogP contribution >= 0.6 is 0 Å². The number of hydrogen-bond donors (Lipinski definition) is 0. The first-order chi connectivity index (χ1) is 14.7. The van der Waals surface area contributed by atoms with Crippen LogP contribution in [0.25, 0.3) is 0 Å². The van der Waals surface area contributed by atoms with Gasteiger partial charge < -0.3 is 9.15 Å². The van der Waals surface area contributed by atoms with E-state index in [4.69, 9.17) is 14.3 Å². The second-order valence-electron chi connectivity index (χ2n) is 8.79. The number of aryl methyl sites for hydroxylation is 1. The van der Waals surface area contributed by atoms with Gasteiger partial charge in [-0.05, 0) is 49.4 Å². The van der Waals surface area contributed by atoms with Crippen LogP contribution in [0, 0.1) is 6.92 Å². The second kappa shape index (κ2) is 6.76. The Labute approximate surface area is 177 Å². The number of hydrazone groups is 1. The van der Waals surface area contributed by atoms with Gasteiger partial charge in [0.25, 0.3) is 0 Å². The molecular formula is C26H26N2O2. The molecule has 0 saturated heterocycles. The van der Waals surface area contributed by atoms with E-state index in [9.17, 15) is 0 Å². The summed E-state index contributed by atoms with van der Waals surface area (Å²) in [6.45, 7) is 1.98. The minimum absolute atomic E-state index is 0.212. The number of ether oxygens (including phenoxy) is 1. The standard InChI is InChI=1S/C26H26N2O2/c1-18-11-12-25(29-18)22-17-23-21-9-5-6-10-24(21)30-26(28(23)27-22)15-13-20(14-16-26)19-7-3-2-4-8-19/h2-12,20,23H,13-17H2,1H3/t20?,23-,26?/m1/s1. The van der Waals surface area contributed by atoms with Crippen LogP contribution in [0.5, 0.6) is 5.75 Å². The second-order valence-corrected chi connectivity index (χ2v) is 8.79. The van der Waals surface area contributed by atoms with E-state index in [2.05, 4.69) is 59.6 Å². The Morgan fingerprint density at radius 1 is 0.933 bits per heavy atom. The summed E-state index contributed by atoms with van der Waals surface area (Å²) in [5, 5.41) is 7.37. The third-order valence-corrected chi connectivity index (χ3v) is 6.97. The molecule has 30 heavy (non-hydrogen) atoms. The average molecular weight is 399 g/mol. The van der Waals surface area contributed by atoms with E-state index in [0.717, 1.165) is 55.1 Å². The largest absolute Gasteiger partial charge is 0.466 e. The Kier molecular flexibility index (Phi) is 4.02. The predicted octanol–water partition coefficient (Wildman–Crippen LogP) is 6.19. The van der Waals surface area contributed by atoms with Gasteiger partial charge in [-0.3, -0.25) is 0 Å². The molecule has 1 fully saturated rings. The summed E-state index contributed by atoms with van der Waals surface area (Å²) in [4.78, 5) is 0. The molecule has 2 aliphatic heterocycles. The maximum atomic E-state index is 6.74. The first-order valence-electron chi connectivity index (χ1n) is 11.0. The van der Waals surface area contributed by atoms with Gasteiger partial charge in [-0.1, -0.05) is 48.5 Å². The molecule has 1 atom stereocenters. The Balaban J connectivity index is 1.35. The first-order valence-corrected chi connectivity index (χ1v) is 11.0. The van der Waals surface area contributed by atoms with E-state index < -0.39 is 0 Å². The number of benzene rings is 2. The van der Waals surface area contributed by atoms with Crippen LogP contribution in [0.1, 0.15) is 66.7 Å². The summed E-state index contributed by atoms with van der Waals surface area (Å²) in [6.07, 6.45) is 5.04. The molecule has 6 rings (SSSR count). The van der Waals surface area contributed by atoms with Gasteiger partial charge in [0.05, 0.1) is 6.04 Å². The van der Waals surface area contributed by atoms with Gasteiger partial charge in [-0.25, -0.2) is 5.01 Å². The van der Waals surface area contributed by atoms with E-state index in [1.54, 1.807) is 0 Å². The summed E-state index contributed by atoms with van der Waals surface area (Å²) in [5.74, 6) is 3.42. The van der Waals surface area contributed by atoms with Crippen molar-refractivity contribution >= 4 is 5.71 Å². The Bertz CT molecular complexity index is 1090. The van der Waals surface area contributed by atoms with E-state index in [1.807, 2.05) is 19.1 Å². The smallest absolute Gasteiger partial charge is 0.198 e. The summed E-state index contributed by atoms with van der Waals surface area (Å²) in [5.41, 5.74) is 3.33. The Hall–Kier alpha value is -3.01. The molecule has 4 heteroatoms. The van der Waals surface area contributed by atoms with Gasteiger partial charge in [0, 0.05) is 24.8 Å². The molecule has 3 aromatic rings. The van der Waals surface area contributed by atoms with Crippen LogP contribution in [-0.4, -0.2) is 16.4 Å². The minimum atomic E-state index is -0.367. The van der Waals surface area contributed by atoms with Crippen molar-refractivity contribution in [3.63, 3.8) is 0 Å². The van der Waals surface area contributed by atoms with Gasteiger partial charge in [0.1, 0.15) is 23.0 Å². The molecule has 0 unspecified atom stereocenters. The SMILES string of the molecule is Cc1ccc(C2=NN3[C@H](C2)c2ccccc2OC32CCC(c3ccccc3)CC2)o1. The fourth-order valence-corrected chi connectivity index (χ4v) is 5.43. The number of rotatable bonds is 2. The summed E-state index contributed by atoms with van der Waals surface area (Å²) < 4.78 is 12.7. The number of fused-ring (bicyclic) bond motifs is 4. The molecule has 3 heterocycles. The van der Waals surface area contributed by atoms with Crippen LogP contribution < -0.4 is 4.74 Å². The number of furan rings is 1. The van der Waals surface area contributed by atoms with Crippen molar-refractivity contribution < 1.29 is 9.15 Å². The van der Waals surface area contributed by atoms with Crippen LogP contribution in [0.3, 0.4) is 0 Å². The molecule has 2 aromatic carbocycles. The summed E-state index contributed by atoms with van der Waals surface area (Å²) in [6, 6.07) is 23.6. The Morgan fingerprint density at radius 2 is 1.70 bits per heavy atom. The zero-order chi connectivity index (χ0) is 20.1. The van der Waals surface area contributed by atoms with Gasteiger partial charge >= 0.3 is 0 Å².